The summed E-state index contributed by atoms with van der Waals surface area (Å²) >= 11 is 0. The van der Waals surface area contributed by atoms with Crippen LogP contribution in [0.4, 0.5) is 0 Å². The van der Waals surface area contributed by atoms with Crippen LogP contribution in [0.2, 0.25) is 0 Å². The van der Waals surface area contributed by atoms with E-state index in [-0.39, 0.29) is 12.5 Å². The molecule has 4 nitrogen and oxygen atoms in total. The van der Waals surface area contributed by atoms with Gasteiger partial charge >= 0.3 is 5.97 Å². The molecule has 0 spiro atoms. The first-order valence-electron chi connectivity index (χ1n) is 8.29. The molecule has 0 aromatic heterocycles. The molecule has 2 atom stereocenters. The third-order valence-electron chi connectivity index (χ3n) is 4.97. The highest BCUT2D eigenvalue weighted by Crippen LogP contribution is 2.29. The first kappa shape index (κ1) is 15.8. The Hall–Kier alpha value is -0.610. The van der Waals surface area contributed by atoms with Gasteiger partial charge in [0.1, 0.15) is 0 Å². The van der Waals surface area contributed by atoms with Gasteiger partial charge in [-0.1, -0.05) is 32.1 Å². The minimum Gasteiger partial charge on any atom is -0.481 e. The van der Waals surface area contributed by atoms with E-state index >= 15 is 0 Å². The average Bonchev–Trinajstić information content (AvgIpc) is 2.90. The number of aliphatic carboxylic acids is 1. The maximum Gasteiger partial charge on any atom is 0.303 e. The molecule has 0 bridgehead atoms. The van der Waals surface area contributed by atoms with Gasteiger partial charge in [0.05, 0.1) is 6.10 Å². The van der Waals surface area contributed by atoms with Gasteiger partial charge in [-0.15, -0.1) is 0 Å². The molecule has 116 valence electrons. The van der Waals surface area contributed by atoms with E-state index in [1.54, 1.807) is 0 Å². The van der Waals surface area contributed by atoms with Gasteiger partial charge in [-0.25, -0.2) is 0 Å². The fraction of sp³-hybridized carbons (Fsp3) is 0.938. The second kappa shape index (κ2) is 7.99. The molecule has 1 saturated heterocycles. The molecule has 0 radical (unpaired) electrons. The van der Waals surface area contributed by atoms with Crippen molar-refractivity contribution in [3.05, 3.63) is 0 Å². The van der Waals surface area contributed by atoms with Crippen molar-refractivity contribution in [2.45, 2.75) is 76.4 Å². The molecule has 0 amide bonds. The highest BCUT2D eigenvalue weighted by Gasteiger charge is 2.26. The molecule has 2 fully saturated rings. The minimum absolute atomic E-state index is 0.233. The van der Waals surface area contributed by atoms with Crippen molar-refractivity contribution in [1.29, 1.82) is 0 Å². The van der Waals surface area contributed by atoms with Gasteiger partial charge in [0.15, 0.2) is 0 Å². The van der Waals surface area contributed by atoms with Crippen LogP contribution in [-0.2, 0) is 4.79 Å². The predicted molar refractivity (Wildman–Crippen MR) is 78.7 cm³/mol. The predicted octanol–water partition coefficient (Wildman–Crippen LogP) is 2.65. The SMILES string of the molecule is O=C(O)CCC1CCCCN1CC(O)CC1CCCC1. The number of nitrogens with zero attached hydrogens (tertiary/aromatic N) is 1. The van der Waals surface area contributed by atoms with E-state index in [0.29, 0.717) is 12.0 Å². The highest BCUT2D eigenvalue weighted by molar-refractivity contribution is 5.66. The molecule has 4 heteroatoms. The number of rotatable bonds is 7. The molecular formula is C16H29NO3. The standard InChI is InChI=1S/C16H29NO3/c18-15(11-13-5-1-2-6-13)12-17-10-4-3-7-14(17)8-9-16(19)20/h13-15,18H,1-12H2,(H,19,20). The summed E-state index contributed by atoms with van der Waals surface area (Å²) in [6.07, 6.45) is 10.3. The summed E-state index contributed by atoms with van der Waals surface area (Å²) < 4.78 is 0. The largest absolute Gasteiger partial charge is 0.481 e. The van der Waals surface area contributed by atoms with Gasteiger partial charge in [0, 0.05) is 19.0 Å². The maximum absolute atomic E-state index is 10.7. The van der Waals surface area contributed by atoms with Gasteiger partial charge in [-0.2, -0.15) is 0 Å². The van der Waals surface area contributed by atoms with Crippen LogP contribution < -0.4 is 0 Å². The molecule has 2 N–H and O–H groups in total. The number of hydrogen-bond acceptors (Lipinski definition) is 3. The van der Waals surface area contributed by atoms with Gasteiger partial charge < -0.3 is 10.2 Å². The summed E-state index contributed by atoms with van der Waals surface area (Å²) in [6, 6.07) is 0.359. The lowest BCUT2D eigenvalue weighted by molar-refractivity contribution is -0.137. The normalized spacial score (nSPS) is 26.8. The molecule has 1 saturated carbocycles. The topological polar surface area (TPSA) is 60.8 Å². The Balaban J connectivity index is 1.76. The molecule has 1 aliphatic carbocycles. The van der Waals surface area contributed by atoms with E-state index in [1.807, 2.05) is 0 Å². The monoisotopic (exact) mass is 283 g/mol. The van der Waals surface area contributed by atoms with E-state index in [4.69, 9.17) is 5.11 Å². The first-order valence-corrected chi connectivity index (χ1v) is 8.29. The van der Waals surface area contributed by atoms with Crippen LogP contribution in [0.5, 0.6) is 0 Å². The Kier molecular flexibility index (Phi) is 6.30. The molecular weight excluding hydrogens is 254 g/mol. The third-order valence-corrected chi connectivity index (χ3v) is 4.97. The third kappa shape index (κ3) is 5.06. The van der Waals surface area contributed by atoms with E-state index < -0.39 is 5.97 Å². The van der Waals surface area contributed by atoms with Crippen molar-refractivity contribution in [3.63, 3.8) is 0 Å². The molecule has 2 rings (SSSR count). The van der Waals surface area contributed by atoms with Crippen LogP contribution in [0.25, 0.3) is 0 Å². The van der Waals surface area contributed by atoms with Crippen molar-refractivity contribution in [2.24, 2.45) is 5.92 Å². The van der Waals surface area contributed by atoms with E-state index in [1.165, 1.54) is 38.5 Å². The second-order valence-electron chi connectivity index (χ2n) is 6.62. The van der Waals surface area contributed by atoms with Gasteiger partial charge in [-0.05, 0) is 38.1 Å². The van der Waals surface area contributed by atoms with E-state index in [2.05, 4.69) is 4.90 Å². The summed E-state index contributed by atoms with van der Waals surface area (Å²) in [7, 11) is 0. The molecule has 2 unspecified atom stereocenters. The molecule has 20 heavy (non-hydrogen) atoms. The zero-order valence-electron chi connectivity index (χ0n) is 12.5. The van der Waals surface area contributed by atoms with Crippen molar-refractivity contribution in [1.82, 2.24) is 4.90 Å². The number of carboxylic acid groups (broad SMARTS) is 1. The lowest BCUT2D eigenvalue weighted by Crippen LogP contribution is -2.44. The molecule has 0 aromatic rings. The average molecular weight is 283 g/mol. The van der Waals surface area contributed by atoms with Crippen LogP contribution in [0.15, 0.2) is 0 Å². The quantitative estimate of drug-likeness (QED) is 0.754. The Morgan fingerprint density at radius 1 is 1.15 bits per heavy atom. The summed E-state index contributed by atoms with van der Waals surface area (Å²) in [6.45, 7) is 1.76. The Morgan fingerprint density at radius 3 is 2.55 bits per heavy atom. The number of carboxylic acids is 1. The molecule has 2 aliphatic rings. The Bertz CT molecular complexity index is 302. The van der Waals surface area contributed by atoms with Crippen LogP contribution in [-0.4, -0.2) is 46.3 Å². The van der Waals surface area contributed by atoms with Crippen molar-refractivity contribution >= 4 is 5.97 Å². The van der Waals surface area contributed by atoms with Gasteiger partial charge in [0.25, 0.3) is 0 Å². The van der Waals surface area contributed by atoms with Crippen LogP contribution >= 0.6 is 0 Å². The second-order valence-corrected chi connectivity index (χ2v) is 6.62. The molecule has 1 aliphatic heterocycles. The van der Waals surface area contributed by atoms with Crippen LogP contribution in [0.3, 0.4) is 0 Å². The number of β-amino-alcohol motifs (C(OH)–C–C–N with tert-alkyl or cyclic N) is 1. The Morgan fingerprint density at radius 2 is 1.85 bits per heavy atom. The summed E-state index contributed by atoms with van der Waals surface area (Å²) in [5, 5.41) is 19.1. The number of piperidine rings is 1. The minimum atomic E-state index is -0.706. The van der Waals surface area contributed by atoms with Crippen molar-refractivity contribution in [2.75, 3.05) is 13.1 Å². The maximum atomic E-state index is 10.7. The fourth-order valence-corrected chi connectivity index (χ4v) is 3.89. The highest BCUT2D eigenvalue weighted by atomic mass is 16.4. The van der Waals surface area contributed by atoms with Crippen LogP contribution in [0.1, 0.15) is 64.2 Å². The lowest BCUT2D eigenvalue weighted by atomic mass is 9.95. The smallest absolute Gasteiger partial charge is 0.303 e. The van der Waals surface area contributed by atoms with E-state index in [9.17, 15) is 9.90 Å². The van der Waals surface area contributed by atoms with E-state index in [0.717, 1.165) is 32.4 Å². The van der Waals surface area contributed by atoms with Gasteiger partial charge in [0.2, 0.25) is 0 Å². The number of carbonyl (C=O) groups is 1. The molecule has 1 heterocycles. The fourth-order valence-electron chi connectivity index (χ4n) is 3.89. The van der Waals surface area contributed by atoms with Crippen molar-refractivity contribution < 1.29 is 15.0 Å². The number of aliphatic hydroxyl groups is 1. The zero-order valence-corrected chi connectivity index (χ0v) is 12.5. The number of likely N-dealkylation sites (tertiary alicyclic amines) is 1. The zero-order chi connectivity index (χ0) is 14.4. The summed E-state index contributed by atoms with van der Waals surface area (Å²) in [4.78, 5) is 13.1. The molecule has 0 aromatic carbocycles. The Labute approximate surface area is 122 Å². The summed E-state index contributed by atoms with van der Waals surface area (Å²) in [5.41, 5.74) is 0. The number of hydrogen-bond donors (Lipinski definition) is 2. The first-order chi connectivity index (χ1) is 9.65. The van der Waals surface area contributed by atoms with Gasteiger partial charge in [-0.3, -0.25) is 9.69 Å². The summed E-state index contributed by atoms with van der Waals surface area (Å²) in [5.74, 6) is 0.00860. The van der Waals surface area contributed by atoms with Crippen molar-refractivity contribution in [3.8, 4) is 0 Å². The number of aliphatic hydroxyl groups excluding tert-OH is 1. The lowest BCUT2D eigenvalue weighted by Gasteiger charge is -2.37. The van der Waals surface area contributed by atoms with Crippen LogP contribution in [0, 0.1) is 5.92 Å².